The monoisotopic (exact) mass is 518 g/mol. The van der Waals surface area contributed by atoms with E-state index in [1.807, 2.05) is 12.1 Å². The van der Waals surface area contributed by atoms with E-state index in [2.05, 4.69) is 25.7 Å². The van der Waals surface area contributed by atoms with E-state index in [1.165, 1.54) is 16.3 Å². The number of nitrogens with one attached hydrogen (secondary N) is 1. The largest absolute Gasteiger partial charge is 0.479 e. The van der Waals surface area contributed by atoms with Crippen LogP contribution >= 0.6 is 0 Å². The molecule has 5 rings (SSSR count). The van der Waals surface area contributed by atoms with Gasteiger partial charge in [0.1, 0.15) is 24.3 Å². The van der Waals surface area contributed by atoms with Crippen LogP contribution in [0.5, 0.6) is 5.88 Å². The van der Waals surface area contributed by atoms with Crippen LogP contribution in [0.2, 0.25) is 0 Å². The van der Waals surface area contributed by atoms with Crippen LogP contribution in [0, 0.1) is 0 Å². The average molecular weight is 519 g/mol. The number of fused-ring (bicyclic) bond motifs is 2. The number of alkyl halides is 3. The van der Waals surface area contributed by atoms with Crippen LogP contribution < -0.4 is 10.1 Å². The maximum absolute atomic E-state index is 14.8. The maximum Gasteiger partial charge on any atom is 0.285 e. The number of aromatic nitrogens is 6. The minimum absolute atomic E-state index is 0.0571. The molecule has 0 saturated carbocycles. The predicted molar refractivity (Wildman–Crippen MR) is 127 cm³/mol. The molecular formula is C23H25F3N8O3. The normalized spacial score (nSPS) is 18.3. The summed E-state index contributed by atoms with van der Waals surface area (Å²) in [6.07, 6.45) is 1.60. The summed E-state index contributed by atoms with van der Waals surface area (Å²) in [5.41, 5.74) is 3.27. The molecule has 0 bridgehead atoms. The number of benzene rings is 1. The lowest BCUT2D eigenvalue weighted by molar-refractivity contribution is -0.145. The van der Waals surface area contributed by atoms with Gasteiger partial charge in [-0.2, -0.15) is 4.98 Å². The van der Waals surface area contributed by atoms with Crippen molar-refractivity contribution in [3.8, 4) is 17.0 Å². The molecule has 1 saturated heterocycles. The molecule has 37 heavy (non-hydrogen) atoms. The highest BCUT2D eigenvalue weighted by atomic mass is 19.3. The lowest BCUT2D eigenvalue weighted by Crippen LogP contribution is -2.56. The van der Waals surface area contributed by atoms with Crippen molar-refractivity contribution in [3.05, 3.63) is 30.5 Å². The Hall–Kier alpha value is -3.94. The highest BCUT2D eigenvalue weighted by molar-refractivity contribution is 5.89. The number of methoxy groups -OCH3 is 1. The molecule has 4 aromatic rings. The fraction of sp³-hybridized carbons (Fsp3) is 0.435. The number of rotatable bonds is 7. The zero-order valence-electron chi connectivity index (χ0n) is 20.1. The zero-order valence-corrected chi connectivity index (χ0v) is 20.1. The molecule has 2 atom stereocenters. The molecule has 3 aromatic heterocycles. The molecule has 0 unspecified atom stereocenters. The van der Waals surface area contributed by atoms with Gasteiger partial charge in [0.15, 0.2) is 0 Å². The molecule has 1 amide bonds. The summed E-state index contributed by atoms with van der Waals surface area (Å²) in [6, 6.07) is 5.44. The van der Waals surface area contributed by atoms with Crippen LogP contribution in [0.4, 0.5) is 19.1 Å². The van der Waals surface area contributed by atoms with Gasteiger partial charge in [-0.15, -0.1) is 10.2 Å². The smallest absolute Gasteiger partial charge is 0.285 e. The molecule has 4 heterocycles. The summed E-state index contributed by atoms with van der Waals surface area (Å²) >= 11 is 0. The Balaban J connectivity index is 1.47. The van der Waals surface area contributed by atoms with Gasteiger partial charge in [-0.25, -0.2) is 22.4 Å². The number of halogens is 3. The number of piperidine rings is 1. The second kappa shape index (κ2) is 9.50. The van der Waals surface area contributed by atoms with E-state index in [4.69, 9.17) is 9.84 Å². The van der Waals surface area contributed by atoms with Crippen LogP contribution in [0.15, 0.2) is 30.5 Å². The fourth-order valence-electron chi connectivity index (χ4n) is 4.51. The van der Waals surface area contributed by atoms with Crippen LogP contribution in [0.25, 0.3) is 27.7 Å². The molecule has 0 radical (unpaired) electrons. The molecule has 1 aliphatic heterocycles. The van der Waals surface area contributed by atoms with E-state index in [0.717, 1.165) is 10.5 Å². The third-order valence-electron chi connectivity index (χ3n) is 6.49. The van der Waals surface area contributed by atoms with E-state index >= 15 is 0 Å². The van der Waals surface area contributed by atoms with Gasteiger partial charge < -0.3 is 20.1 Å². The van der Waals surface area contributed by atoms with Crippen LogP contribution in [-0.4, -0.2) is 91.0 Å². The number of ether oxygens (including phenoxy) is 1. The number of anilines is 1. The molecular weight excluding hydrogens is 493 g/mol. The first-order chi connectivity index (χ1) is 17.7. The van der Waals surface area contributed by atoms with Crippen molar-refractivity contribution in [2.24, 2.45) is 0 Å². The van der Waals surface area contributed by atoms with Gasteiger partial charge in [-0.1, -0.05) is 11.3 Å². The Morgan fingerprint density at radius 1 is 1.35 bits per heavy atom. The standard InChI is InChI=1S/C23H25F3N8O3/c1-13(10-24)34-17-9-14(3-4-16(17)29-31-34)15-5-8-33-20(15)21(37-2)28-22(30-33)27-18-6-7-32(19(36)11-35)12-23(18,25)26/h3-5,8-9,13,18,35H,6-7,10-12H2,1-2H3,(H,27,30)/t13-,18+/m0/s1. The van der Waals surface area contributed by atoms with E-state index in [0.29, 0.717) is 22.1 Å². The number of hydrogen-bond donors (Lipinski definition) is 2. The quantitative estimate of drug-likeness (QED) is 0.382. The van der Waals surface area contributed by atoms with E-state index in [9.17, 15) is 18.0 Å². The molecule has 11 nitrogen and oxygen atoms in total. The number of nitrogens with zero attached hydrogens (tertiary/aromatic N) is 7. The van der Waals surface area contributed by atoms with Gasteiger partial charge in [-0.05, 0) is 37.1 Å². The Kier molecular flexibility index (Phi) is 6.35. The summed E-state index contributed by atoms with van der Waals surface area (Å²) in [4.78, 5) is 16.9. The van der Waals surface area contributed by atoms with E-state index < -0.39 is 43.7 Å². The third kappa shape index (κ3) is 4.41. The minimum Gasteiger partial charge on any atom is -0.479 e. The molecule has 0 aliphatic carbocycles. The van der Waals surface area contributed by atoms with Gasteiger partial charge in [-0.3, -0.25) is 4.79 Å². The van der Waals surface area contributed by atoms with Gasteiger partial charge >= 0.3 is 0 Å². The second-order valence-electron chi connectivity index (χ2n) is 8.93. The van der Waals surface area contributed by atoms with E-state index in [1.54, 1.807) is 25.3 Å². The Morgan fingerprint density at radius 3 is 2.86 bits per heavy atom. The van der Waals surface area contributed by atoms with Crippen molar-refractivity contribution < 1.29 is 27.8 Å². The summed E-state index contributed by atoms with van der Waals surface area (Å²) in [7, 11) is 1.42. The minimum atomic E-state index is -3.26. The number of aliphatic hydroxyl groups is 1. The van der Waals surface area contributed by atoms with Crippen molar-refractivity contribution in [1.29, 1.82) is 0 Å². The summed E-state index contributed by atoms with van der Waals surface area (Å²) in [6.45, 7) is -0.453. The first kappa shape index (κ1) is 24.7. The van der Waals surface area contributed by atoms with Crippen molar-refractivity contribution >= 4 is 28.4 Å². The predicted octanol–water partition coefficient (Wildman–Crippen LogP) is 2.32. The number of likely N-dealkylation sites (tertiary alicyclic amines) is 1. The number of aliphatic hydroxyl groups excluding tert-OH is 1. The highest BCUT2D eigenvalue weighted by Crippen LogP contribution is 2.34. The molecule has 2 N–H and O–H groups in total. The Morgan fingerprint density at radius 2 is 2.16 bits per heavy atom. The molecule has 14 heteroatoms. The van der Waals surface area contributed by atoms with Gasteiger partial charge in [0.2, 0.25) is 17.7 Å². The second-order valence-corrected chi connectivity index (χ2v) is 8.93. The Bertz CT molecular complexity index is 1460. The van der Waals surface area contributed by atoms with Crippen molar-refractivity contribution in [2.45, 2.75) is 31.4 Å². The topological polar surface area (TPSA) is 123 Å². The van der Waals surface area contributed by atoms with Crippen LogP contribution in [0.1, 0.15) is 19.4 Å². The van der Waals surface area contributed by atoms with Crippen LogP contribution in [0.3, 0.4) is 0 Å². The maximum atomic E-state index is 14.8. The SMILES string of the molecule is COc1nc(N[C@@H]2CCN(C(=O)CO)CC2(F)F)nn2ccc(-c3ccc4nnn([C@@H](C)CF)c4c3)c12. The summed E-state index contributed by atoms with van der Waals surface area (Å²) in [5.74, 6) is -3.90. The number of hydrogen-bond acceptors (Lipinski definition) is 8. The highest BCUT2D eigenvalue weighted by Gasteiger charge is 2.46. The van der Waals surface area contributed by atoms with Gasteiger partial charge in [0.05, 0.1) is 31.3 Å². The number of carbonyl (C=O) groups excluding carboxylic acids is 1. The van der Waals surface area contributed by atoms with Crippen LogP contribution in [-0.2, 0) is 4.79 Å². The molecule has 1 aromatic carbocycles. The van der Waals surface area contributed by atoms with Crippen molar-refractivity contribution in [1.82, 2.24) is 34.5 Å². The number of amides is 1. The average Bonchev–Trinajstić information content (AvgIpc) is 3.52. The molecule has 1 aliphatic rings. The molecule has 0 spiro atoms. The van der Waals surface area contributed by atoms with E-state index in [-0.39, 0.29) is 24.8 Å². The summed E-state index contributed by atoms with van der Waals surface area (Å²) < 4.78 is 51.3. The van der Waals surface area contributed by atoms with Gasteiger partial charge in [0, 0.05) is 18.3 Å². The third-order valence-corrected chi connectivity index (χ3v) is 6.49. The van der Waals surface area contributed by atoms with Crippen molar-refractivity contribution in [2.75, 3.05) is 38.8 Å². The molecule has 1 fully saturated rings. The summed E-state index contributed by atoms with van der Waals surface area (Å²) in [5, 5.41) is 24.2. The van der Waals surface area contributed by atoms with Gasteiger partial charge in [0.25, 0.3) is 5.92 Å². The first-order valence-electron chi connectivity index (χ1n) is 11.6. The lowest BCUT2D eigenvalue weighted by Gasteiger charge is -2.38. The zero-order chi connectivity index (χ0) is 26.3. The molecule has 196 valence electrons. The fourth-order valence-corrected chi connectivity index (χ4v) is 4.51. The number of carbonyl (C=O) groups is 1. The lowest BCUT2D eigenvalue weighted by atomic mass is 10.0. The first-order valence-corrected chi connectivity index (χ1v) is 11.6. The van der Waals surface area contributed by atoms with Crippen molar-refractivity contribution in [3.63, 3.8) is 0 Å². The Labute approximate surface area is 208 Å².